The predicted molar refractivity (Wildman–Crippen MR) is 100 cm³/mol. The standard InChI is InChI=1S/C20H19ClF2N2O3/c21-14-4-6-15(7-5-14)28-13-8-18(26)24-9-11-25(12-10-24)20(27)19-16(22)2-1-3-17(19)23/h1-7H,8-13H2. The highest BCUT2D eigenvalue weighted by Crippen LogP contribution is 2.17. The smallest absolute Gasteiger partial charge is 0.259 e. The SMILES string of the molecule is O=C(CCOc1ccc(Cl)cc1)N1CCN(C(=O)c2c(F)cccc2F)CC1. The molecule has 1 fully saturated rings. The van der Waals surface area contributed by atoms with Gasteiger partial charge < -0.3 is 14.5 Å². The molecule has 2 aromatic carbocycles. The van der Waals surface area contributed by atoms with Crippen molar-refractivity contribution in [1.82, 2.24) is 9.80 Å². The number of amides is 2. The van der Waals surface area contributed by atoms with Crippen LogP contribution < -0.4 is 4.74 Å². The zero-order valence-electron chi connectivity index (χ0n) is 15.0. The fourth-order valence-electron chi connectivity index (χ4n) is 2.96. The summed E-state index contributed by atoms with van der Waals surface area (Å²) in [6.07, 6.45) is 0.193. The maximum atomic E-state index is 13.8. The normalized spacial score (nSPS) is 14.1. The molecule has 0 aliphatic carbocycles. The maximum absolute atomic E-state index is 13.8. The van der Waals surface area contributed by atoms with Gasteiger partial charge in [0.05, 0.1) is 13.0 Å². The van der Waals surface area contributed by atoms with Gasteiger partial charge in [0.25, 0.3) is 5.91 Å². The van der Waals surface area contributed by atoms with Crippen molar-refractivity contribution >= 4 is 23.4 Å². The molecular weight excluding hydrogens is 390 g/mol. The second kappa shape index (κ2) is 9.01. The van der Waals surface area contributed by atoms with Gasteiger partial charge in [-0.05, 0) is 36.4 Å². The van der Waals surface area contributed by atoms with Gasteiger partial charge in [-0.1, -0.05) is 17.7 Å². The molecule has 0 aromatic heterocycles. The molecule has 28 heavy (non-hydrogen) atoms. The van der Waals surface area contributed by atoms with E-state index in [1.807, 2.05) is 0 Å². The summed E-state index contributed by atoms with van der Waals surface area (Å²) in [5, 5.41) is 0.603. The number of ether oxygens (including phenoxy) is 1. The summed E-state index contributed by atoms with van der Waals surface area (Å²) in [4.78, 5) is 27.7. The molecule has 0 N–H and O–H groups in total. The van der Waals surface area contributed by atoms with E-state index in [-0.39, 0.29) is 32.0 Å². The van der Waals surface area contributed by atoms with Crippen LogP contribution in [0, 0.1) is 11.6 Å². The first kappa shape index (κ1) is 20.1. The van der Waals surface area contributed by atoms with Gasteiger partial charge in [0.2, 0.25) is 5.91 Å². The Hall–Kier alpha value is -2.67. The molecular formula is C20H19ClF2N2O3. The molecule has 1 heterocycles. The first-order chi connectivity index (χ1) is 13.5. The van der Waals surface area contributed by atoms with Gasteiger partial charge >= 0.3 is 0 Å². The van der Waals surface area contributed by atoms with Gasteiger partial charge in [0, 0.05) is 31.2 Å². The summed E-state index contributed by atoms with van der Waals surface area (Å²) in [5.74, 6) is -1.95. The third-order valence-corrected chi connectivity index (χ3v) is 4.75. The van der Waals surface area contributed by atoms with Crippen molar-refractivity contribution in [2.24, 2.45) is 0 Å². The molecule has 0 saturated carbocycles. The van der Waals surface area contributed by atoms with Crippen LogP contribution in [0.2, 0.25) is 5.02 Å². The number of benzene rings is 2. The number of halogens is 3. The molecule has 0 radical (unpaired) electrons. The highest BCUT2D eigenvalue weighted by Gasteiger charge is 2.28. The number of nitrogens with zero attached hydrogens (tertiary/aromatic N) is 2. The van der Waals surface area contributed by atoms with Crippen LogP contribution in [0.5, 0.6) is 5.75 Å². The molecule has 0 bridgehead atoms. The fourth-order valence-corrected chi connectivity index (χ4v) is 3.09. The zero-order valence-corrected chi connectivity index (χ0v) is 15.8. The van der Waals surface area contributed by atoms with Crippen LogP contribution in [-0.2, 0) is 4.79 Å². The van der Waals surface area contributed by atoms with E-state index in [0.29, 0.717) is 23.9 Å². The van der Waals surface area contributed by atoms with Crippen LogP contribution in [0.3, 0.4) is 0 Å². The van der Waals surface area contributed by atoms with Crippen LogP contribution >= 0.6 is 11.6 Å². The van der Waals surface area contributed by atoms with Crippen molar-refractivity contribution in [1.29, 1.82) is 0 Å². The van der Waals surface area contributed by atoms with Gasteiger partial charge in [0.15, 0.2) is 0 Å². The number of carbonyl (C=O) groups excluding carboxylic acids is 2. The van der Waals surface area contributed by atoms with E-state index in [1.54, 1.807) is 29.2 Å². The van der Waals surface area contributed by atoms with Crippen molar-refractivity contribution < 1.29 is 23.1 Å². The molecule has 1 aliphatic heterocycles. The number of carbonyl (C=O) groups is 2. The van der Waals surface area contributed by atoms with Crippen LogP contribution in [0.25, 0.3) is 0 Å². The Balaban J connectivity index is 1.47. The van der Waals surface area contributed by atoms with Gasteiger partial charge in [0.1, 0.15) is 22.9 Å². The molecule has 1 saturated heterocycles. The summed E-state index contributed by atoms with van der Waals surface area (Å²) < 4.78 is 33.1. The molecule has 148 valence electrons. The van der Waals surface area contributed by atoms with Crippen LogP contribution in [0.4, 0.5) is 8.78 Å². The highest BCUT2D eigenvalue weighted by molar-refractivity contribution is 6.30. The molecule has 0 atom stereocenters. The van der Waals surface area contributed by atoms with Crippen molar-refractivity contribution in [3.8, 4) is 5.75 Å². The lowest BCUT2D eigenvalue weighted by molar-refractivity contribution is -0.133. The van der Waals surface area contributed by atoms with Crippen molar-refractivity contribution in [2.75, 3.05) is 32.8 Å². The summed E-state index contributed by atoms with van der Waals surface area (Å²) in [7, 11) is 0. The lowest BCUT2D eigenvalue weighted by atomic mass is 10.1. The minimum atomic E-state index is -0.886. The van der Waals surface area contributed by atoms with Gasteiger partial charge in [-0.3, -0.25) is 9.59 Å². The Labute approximate surface area is 166 Å². The van der Waals surface area contributed by atoms with Crippen LogP contribution in [0.15, 0.2) is 42.5 Å². The first-order valence-corrected chi connectivity index (χ1v) is 9.23. The Morgan fingerprint density at radius 3 is 2.11 bits per heavy atom. The maximum Gasteiger partial charge on any atom is 0.259 e. The summed E-state index contributed by atoms with van der Waals surface area (Å²) in [6, 6.07) is 10.2. The summed E-state index contributed by atoms with van der Waals surface area (Å²) in [6.45, 7) is 1.27. The molecule has 2 amide bonds. The molecule has 0 unspecified atom stereocenters. The average Bonchev–Trinajstić information content (AvgIpc) is 2.69. The van der Waals surface area contributed by atoms with Crippen molar-refractivity contribution in [2.45, 2.75) is 6.42 Å². The number of hydrogen-bond acceptors (Lipinski definition) is 3. The number of hydrogen-bond donors (Lipinski definition) is 0. The van der Waals surface area contributed by atoms with E-state index in [2.05, 4.69) is 0 Å². The molecule has 8 heteroatoms. The topological polar surface area (TPSA) is 49.9 Å². The Kier molecular flexibility index (Phi) is 6.46. The van der Waals surface area contributed by atoms with Crippen LogP contribution in [0.1, 0.15) is 16.8 Å². The van der Waals surface area contributed by atoms with Crippen molar-refractivity contribution in [3.05, 3.63) is 64.7 Å². The lowest BCUT2D eigenvalue weighted by Gasteiger charge is -2.35. The van der Waals surface area contributed by atoms with E-state index >= 15 is 0 Å². The number of piperazine rings is 1. The van der Waals surface area contributed by atoms with E-state index in [1.165, 1.54) is 11.0 Å². The predicted octanol–water partition coefficient (Wildman–Crippen LogP) is 3.37. The largest absolute Gasteiger partial charge is 0.493 e. The molecule has 2 aromatic rings. The Morgan fingerprint density at radius 1 is 0.929 bits per heavy atom. The Bertz CT molecular complexity index is 833. The zero-order chi connectivity index (χ0) is 20.1. The molecule has 3 rings (SSSR count). The monoisotopic (exact) mass is 408 g/mol. The number of rotatable bonds is 5. The molecule has 5 nitrogen and oxygen atoms in total. The third-order valence-electron chi connectivity index (χ3n) is 4.49. The summed E-state index contributed by atoms with van der Waals surface area (Å²) in [5.41, 5.74) is -0.557. The minimum absolute atomic E-state index is 0.0989. The second-order valence-electron chi connectivity index (χ2n) is 6.32. The molecule has 1 aliphatic rings. The quantitative estimate of drug-likeness (QED) is 0.762. The average molecular weight is 409 g/mol. The Morgan fingerprint density at radius 2 is 1.50 bits per heavy atom. The van der Waals surface area contributed by atoms with Gasteiger partial charge in [-0.15, -0.1) is 0 Å². The minimum Gasteiger partial charge on any atom is -0.493 e. The first-order valence-electron chi connectivity index (χ1n) is 8.85. The lowest BCUT2D eigenvalue weighted by Crippen LogP contribution is -2.51. The van der Waals surface area contributed by atoms with E-state index in [0.717, 1.165) is 12.1 Å². The van der Waals surface area contributed by atoms with Gasteiger partial charge in [-0.2, -0.15) is 0 Å². The fraction of sp³-hybridized carbons (Fsp3) is 0.300. The van der Waals surface area contributed by atoms with Crippen LogP contribution in [-0.4, -0.2) is 54.4 Å². The summed E-state index contributed by atoms with van der Waals surface area (Å²) >= 11 is 5.80. The third kappa shape index (κ3) is 4.78. The van der Waals surface area contributed by atoms with E-state index < -0.39 is 23.1 Å². The van der Waals surface area contributed by atoms with E-state index in [4.69, 9.17) is 16.3 Å². The van der Waals surface area contributed by atoms with Gasteiger partial charge in [-0.25, -0.2) is 8.78 Å². The highest BCUT2D eigenvalue weighted by atomic mass is 35.5. The molecule has 0 spiro atoms. The second-order valence-corrected chi connectivity index (χ2v) is 6.76. The van der Waals surface area contributed by atoms with E-state index in [9.17, 15) is 18.4 Å². The van der Waals surface area contributed by atoms with Crippen molar-refractivity contribution in [3.63, 3.8) is 0 Å².